The van der Waals surface area contributed by atoms with E-state index in [1.807, 2.05) is 0 Å². The highest BCUT2D eigenvalue weighted by atomic mass is 32.2. The Hall–Kier alpha value is -2.19. The lowest BCUT2D eigenvalue weighted by Gasteiger charge is -2.20. The molecule has 0 radical (unpaired) electrons. The van der Waals surface area contributed by atoms with Gasteiger partial charge in [0.05, 0.1) is 10.4 Å². The van der Waals surface area contributed by atoms with Crippen LogP contribution in [0.15, 0.2) is 35.3 Å². The maximum Gasteiger partial charge on any atom is 0.250 e. The second-order valence-corrected chi connectivity index (χ2v) is 9.63. The van der Waals surface area contributed by atoms with Gasteiger partial charge in [0.1, 0.15) is 5.82 Å². The van der Waals surface area contributed by atoms with E-state index in [1.165, 1.54) is 29.9 Å². The molecule has 0 spiro atoms. The van der Waals surface area contributed by atoms with Crippen LogP contribution in [0, 0.1) is 12.7 Å². The van der Waals surface area contributed by atoms with E-state index >= 15 is 0 Å². The molecule has 1 fully saturated rings. The first-order chi connectivity index (χ1) is 13.2. The Morgan fingerprint density at radius 2 is 1.96 bits per heavy atom. The van der Waals surface area contributed by atoms with Gasteiger partial charge < -0.3 is 9.67 Å². The lowest BCUT2D eigenvalue weighted by atomic mass is 10.0. The van der Waals surface area contributed by atoms with Crippen LogP contribution in [0.4, 0.5) is 10.1 Å². The summed E-state index contributed by atoms with van der Waals surface area (Å²) >= 11 is 0. The van der Waals surface area contributed by atoms with Crippen LogP contribution in [-0.4, -0.2) is 29.4 Å². The first kappa shape index (κ1) is 20.5. The number of hydrogen-bond acceptors (Lipinski definition) is 4. The first-order valence-corrected chi connectivity index (χ1v) is 10.7. The summed E-state index contributed by atoms with van der Waals surface area (Å²) in [6.45, 7) is 1.72. The van der Waals surface area contributed by atoms with E-state index in [1.54, 1.807) is 19.1 Å². The quantitative estimate of drug-likeness (QED) is 0.702. The summed E-state index contributed by atoms with van der Waals surface area (Å²) in [4.78, 5) is 12.1. The van der Waals surface area contributed by atoms with E-state index in [4.69, 9.17) is 5.11 Å². The molecule has 1 heterocycles. The Labute approximate surface area is 164 Å². The number of rotatable bonds is 8. The number of nitrogens with one attached hydrogen (secondary N) is 1. The molecular formula is C20H25FN2O4S. The molecule has 1 aromatic carbocycles. The van der Waals surface area contributed by atoms with E-state index < -0.39 is 20.6 Å². The molecule has 152 valence electrons. The van der Waals surface area contributed by atoms with Crippen molar-refractivity contribution >= 4 is 15.7 Å². The Morgan fingerprint density at radius 1 is 1.25 bits per heavy atom. The number of hydrogen-bond donors (Lipinski definition) is 2. The van der Waals surface area contributed by atoms with E-state index in [0.717, 1.165) is 5.56 Å². The Balaban J connectivity index is 1.95. The highest BCUT2D eigenvalue weighted by molar-refractivity contribution is 7.94. The van der Waals surface area contributed by atoms with Gasteiger partial charge >= 0.3 is 0 Å². The van der Waals surface area contributed by atoms with Crippen molar-refractivity contribution in [3.63, 3.8) is 0 Å². The van der Waals surface area contributed by atoms with Gasteiger partial charge in [-0.3, -0.25) is 9.52 Å². The van der Waals surface area contributed by atoms with Crippen molar-refractivity contribution in [3.8, 4) is 0 Å². The first-order valence-electron chi connectivity index (χ1n) is 9.25. The van der Waals surface area contributed by atoms with Gasteiger partial charge in [-0.25, -0.2) is 12.8 Å². The predicted octanol–water partition coefficient (Wildman–Crippen LogP) is 2.47. The zero-order valence-corrected chi connectivity index (χ0v) is 16.9. The fourth-order valence-corrected chi connectivity index (χ4v) is 5.10. The Bertz CT molecular complexity index is 1040. The maximum atomic E-state index is 14.3. The molecule has 0 atom stereocenters. The number of halogens is 1. The Kier molecular flexibility index (Phi) is 5.63. The molecule has 1 aliphatic carbocycles. The number of sulfonamides is 1. The van der Waals surface area contributed by atoms with Crippen molar-refractivity contribution < 1.29 is 17.9 Å². The van der Waals surface area contributed by atoms with Gasteiger partial charge in [0.2, 0.25) is 10.0 Å². The summed E-state index contributed by atoms with van der Waals surface area (Å²) in [5.41, 5.74) is 1.57. The minimum absolute atomic E-state index is 0.0605. The molecule has 3 rings (SSSR count). The maximum absolute atomic E-state index is 14.3. The molecule has 0 amide bonds. The molecule has 2 N–H and O–H groups in total. The standard InChI is InChI=1S/C20H25FN2O4S/c1-14-4-5-15(17(21)10-14)11-16-12-19(25)23(2)13-18(16)22-28(26,27)20(7-8-20)6-3-9-24/h4-5,10,12-13,22,24H,3,6-9,11H2,1-2H3. The summed E-state index contributed by atoms with van der Waals surface area (Å²) in [5, 5.41) is 9.04. The second kappa shape index (κ2) is 7.67. The van der Waals surface area contributed by atoms with E-state index in [-0.39, 0.29) is 24.3 Å². The lowest BCUT2D eigenvalue weighted by molar-refractivity contribution is 0.282. The summed E-state index contributed by atoms with van der Waals surface area (Å²) in [7, 11) is -2.17. The predicted molar refractivity (Wildman–Crippen MR) is 106 cm³/mol. The molecule has 28 heavy (non-hydrogen) atoms. The van der Waals surface area contributed by atoms with Crippen LogP contribution in [-0.2, 0) is 23.5 Å². The fraction of sp³-hybridized carbons (Fsp3) is 0.450. The van der Waals surface area contributed by atoms with Gasteiger partial charge in [0, 0.05) is 32.3 Å². The summed E-state index contributed by atoms with van der Waals surface area (Å²) < 4.78 is 43.2. The van der Waals surface area contributed by atoms with E-state index in [2.05, 4.69) is 4.72 Å². The normalized spacial score (nSPS) is 15.4. The summed E-state index contributed by atoms with van der Waals surface area (Å²) in [5.74, 6) is -0.393. The average Bonchev–Trinajstić information content (AvgIpc) is 3.41. The van der Waals surface area contributed by atoms with Crippen molar-refractivity contribution in [3.05, 3.63) is 63.3 Å². The fourth-order valence-electron chi connectivity index (χ4n) is 3.35. The molecule has 0 bridgehead atoms. The average molecular weight is 408 g/mol. The van der Waals surface area contributed by atoms with Gasteiger partial charge in [-0.1, -0.05) is 12.1 Å². The lowest BCUT2D eigenvalue weighted by Crippen LogP contribution is -2.31. The zero-order chi connectivity index (χ0) is 20.5. The monoisotopic (exact) mass is 408 g/mol. The number of anilines is 1. The largest absolute Gasteiger partial charge is 0.396 e. The van der Waals surface area contributed by atoms with Gasteiger partial charge in [-0.2, -0.15) is 0 Å². The molecule has 1 aromatic heterocycles. The van der Waals surface area contributed by atoms with Crippen LogP contribution in [0.2, 0.25) is 0 Å². The van der Waals surface area contributed by atoms with Gasteiger partial charge in [0.25, 0.3) is 5.56 Å². The molecule has 0 saturated heterocycles. The molecule has 0 unspecified atom stereocenters. The van der Waals surface area contributed by atoms with Gasteiger partial charge in [0.15, 0.2) is 0 Å². The smallest absolute Gasteiger partial charge is 0.250 e. The highest BCUT2D eigenvalue weighted by Gasteiger charge is 2.54. The minimum Gasteiger partial charge on any atom is -0.396 e. The van der Waals surface area contributed by atoms with Crippen molar-refractivity contribution in [2.45, 2.75) is 43.8 Å². The summed E-state index contributed by atoms with van der Waals surface area (Å²) in [6.07, 6.45) is 3.40. The Morgan fingerprint density at radius 3 is 2.57 bits per heavy atom. The number of nitrogens with zero attached hydrogens (tertiary/aromatic N) is 1. The zero-order valence-electron chi connectivity index (χ0n) is 16.0. The van der Waals surface area contributed by atoms with Crippen LogP contribution in [0.3, 0.4) is 0 Å². The van der Waals surface area contributed by atoms with E-state index in [9.17, 15) is 17.6 Å². The highest BCUT2D eigenvalue weighted by Crippen LogP contribution is 2.47. The number of pyridine rings is 1. The molecule has 2 aromatic rings. The number of aryl methyl sites for hydroxylation is 2. The van der Waals surface area contributed by atoms with Crippen LogP contribution >= 0.6 is 0 Å². The van der Waals surface area contributed by atoms with Crippen LogP contribution in [0.5, 0.6) is 0 Å². The topological polar surface area (TPSA) is 88.4 Å². The number of aromatic nitrogens is 1. The molecule has 0 aliphatic heterocycles. The van der Waals surface area contributed by atoms with Crippen molar-refractivity contribution in [2.24, 2.45) is 7.05 Å². The van der Waals surface area contributed by atoms with Crippen molar-refractivity contribution in [1.82, 2.24) is 4.57 Å². The van der Waals surface area contributed by atoms with E-state index in [0.29, 0.717) is 36.8 Å². The number of aliphatic hydroxyl groups excluding tert-OH is 1. The van der Waals surface area contributed by atoms with Crippen molar-refractivity contribution in [1.29, 1.82) is 0 Å². The van der Waals surface area contributed by atoms with Crippen LogP contribution in [0.25, 0.3) is 0 Å². The third-order valence-electron chi connectivity index (χ3n) is 5.32. The minimum atomic E-state index is -3.71. The molecule has 6 nitrogen and oxygen atoms in total. The molecule has 1 saturated carbocycles. The summed E-state index contributed by atoms with van der Waals surface area (Å²) in [6, 6.07) is 6.17. The second-order valence-electron chi connectivity index (χ2n) is 7.55. The molecule has 1 aliphatic rings. The number of benzene rings is 1. The number of aliphatic hydroxyl groups is 1. The third kappa shape index (κ3) is 4.12. The third-order valence-corrected chi connectivity index (χ3v) is 7.56. The van der Waals surface area contributed by atoms with Crippen molar-refractivity contribution in [2.75, 3.05) is 11.3 Å². The molecular weight excluding hydrogens is 383 g/mol. The van der Waals surface area contributed by atoms with Gasteiger partial charge in [-0.05, 0) is 55.4 Å². The van der Waals surface area contributed by atoms with Crippen LogP contribution in [0.1, 0.15) is 42.4 Å². The SMILES string of the molecule is Cc1ccc(Cc2cc(=O)n(C)cc2NS(=O)(=O)C2(CCCO)CC2)c(F)c1. The van der Waals surface area contributed by atoms with Crippen LogP contribution < -0.4 is 10.3 Å². The molecule has 8 heteroatoms. The van der Waals surface area contributed by atoms with Gasteiger partial charge in [-0.15, -0.1) is 0 Å².